The van der Waals surface area contributed by atoms with E-state index in [9.17, 15) is 13.4 Å². The Bertz CT molecular complexity index is 730. The number of nitrogens with zero attached hydrogens (tertiary/aromatic N) is 1. The highest BCUT2D eigenvalue weighted by molar-refractivity contribution is 7.84. The van der Waals surface area contributed by atoms with Crippen LogP contribution in [0, 0.1) is 5.82 Å². The van der Waals surface area contributed by atoms with Crippen LogP contribution in [0.2, 0.25) is 0 Å². The molecule has 0 radical (unpaired) electrons. The second-order valence-electron chi connectivity index (χ2n) is 5.63. The number of carbonyl (C=O) groups is 1. The van der Waals surface area contributed by atoms with E-state index in [0.29, 0.717) is 6.54 Å². The lowest BCUT2D eigenvalue weighted by molar-refractivity contribution is -0.116. The lowest BCUT2D eigenvalue weighted by Crippen LogP contribution is -2.38. The van der Waals surface area contributed by atoms with Crippen LogP contribution in [0.4, 0.5) is 10.1 Å². The van der Waals surface area contributed by atoms with Crippen molar-refractivity contribution < 1.29 is 13.4 Å². The van der Waals surface area contributed by atoms with Crippen molar-refractivity contribution in [2.45, 2.75) is 18.6 Å². The largest absolute Gasteiger partial charge is 0.311 e. The molecule has 3 nitrogen and oxygen atoms in total. The molecule has 0 N–H and O–H groups in total. The van der Waals surface area contributed by atoms with Gasteiger partial charge in [-0.1, -0.05) is 30.3 Å². The van der Waals surface area contributed by atoms with Gasteiger partial charge in [-0.15, -0.1) is 0 Å². The fraction of sp³-hybridized carbons (Fsp3) is 0.278. The van der Waals surface area contributed by atoms with Crippen LogP contribution in [0.15, 0.2) is 48.5 Å². The highest BCUT2D eigenvalue weighted by atomic mass is 32.2. The second kappa shape index (κ2) is 7.04. The van der Waals surface area contributed by atoms with E-state index < -0.39 is 10.8 Å². The highest BCUT2D eigenvalue weighted by Gasteiger charge is 2.23. The lowest BCUT2D eigenvalue weighted by Gasteiger charge is -2.29. The van der Waals surface area contributed by atoms with Crippen molar-refractivity contribution in [2.75, 3.05) is 17.2 Å². The molecule has 1 atom stereocenters. The molecule has 1 aliphatic heterocycles. The number of hydrogen-bond donors (Lipinski definition) is 0. The van der Waals surface area contributed by atoms with E-state index in [2.05, 4.69) is 0 Å². The molecule has 2 aromatic carbocycles. The maximum atomic E-state index is 12.9. The number of aryl methyl sites for hydroxylation is 1. The fourth-order valence-corrected chi connectivity index (χ4v) is 3.92. The molecule has 1 heterocycles. The van der Waals surface area contributed by atoms with Crippen LogP contribution in [0.25, 0.3) is 0 Å². The van der Waals surface area contributed by atoms with Crippen LogP contribution < -0.4 is 4.90 Å². The summed E-state index contributed by atoms with van der Waals surface area (Å²) in [5.74, 6) is -0.175. The van der Waals surface area contributed by atoms with E-state index >= 15 is 0 Å². The van der Waals surface area contributed by atoms with Crippen molar-refractivity contribution in [3.05, 3.63) is 65.5 Å². The van der Waals surface area contributed by atoms with Gasteiger partial charge in [0.15, 0.2) is 0 Å². The van der Waals surface area contributed by atoms with Gasteiger partial charge in [0.25, 0.3) is 0 Å². The summed E-state index contributed by atoms with van der Waals surface area (Å²) in [4.78, 5) is 14.2. The van der Waals surface area contributed by atoms with Crippen LogP contribution >= 0.6 is 0 Å². The highest BCUT2D eigenvalue weighted by Crippen LogP contribution is 2.26. The zero-order valence-corrected chi connectivity index (χ0v) is 13.5. The second-order valence-corrected chi connectivity index (χ2v) is 7.09. The molecule has 120 valence electrons. The third-order valence-electron chi connectivity index (χ3n) is 3.94. The van der Waals surface area contributed by atoms with Crippen LogP contribution in [-0.4, -0.2) is 22.4 Å². The van der Waals surface area contributed by atoms with Crippen LogP contribution in [0.3, 0.4) is 0 Å². The first-order valence-corrected chi connectivity index (χ1v) is 9.10. The molecule has 0 fully saturated rings. The first-order valence-electron chi connectivity index (χ1n) is 7.61. The maximum absolute atomic E-state index is 12.9. The number of amides is 1. The molecule has 5 heteroatoms. The van der Waals surface area contributed by atoms with Gasteiger partial charge < -0.3 is 4.90 Å². The third-order valence-corrected chi connectivity index (χ3v) is 5.16. The first-order chi connectivity index (χ1) is 11.1. The number of anilines is 1. The Balaban J connectivity index is 1.65. The molecule has 0 bridgehead atoms. The van der Waals surface area contributed by atoms with Gasteiger partial charge in [-0.05, 0) is 42.2 Å². The van der Waals surface area contributed by atoms with Crippen LogP contribution in [0.1, 0.15) is 17.5 Å². The summed E-state index contributed by atoms with van der Waals surface area (Å²) in [6, 6.07) is 13.8. The lowest BCUT2D eigenvalue weighted by atomic mass is 10.0. The van der Waals surface area contributed by atoms with Crippen molar-refractivity contribution in [3.63, 3.8) is 0 Å². The molecule has 3 rings (SSSR count). The summed E-state index contributed by atoms with van der Waals surface area (Å²) >= 11 is 0. The summed E-state index contributed by atoms with van der Waals surface area (Å²) in [6.07, 6.45) is 1.89. The van der Waals surface area contributed by atoms with Crippen molar-refractivity contribution in [2.24, 2.45) is 0 Å². The first kappa shape index (κ1) is 15.9. The van der Waals surface area contributed by atoms with E-state index in [4.69, 9.17) is 0 Å². The topological polar surface area (TPSA) is 37.4 Å². The maximum Gasteiger partial charge on any atom is 0.239 e. The summed E-state index contributed by atoms with van der Waals surface area (Å²) < 4.78 is 25.1. The van der Waals surface area contributed by atoms with E-state index in [-0.39, 0.29) is 23.2 Å². The van der Waals surface area contributed by atoms with Gasteiger partial charge in [0.2, 0.25) is 5.91 Å². The molecule has 2 aromatic rings. The minimum Gasteiger partial charge on any atom is -0.311 e. The van der Waals surface area contributed by atoms with Gasteiger partial charge in [-0.25, -0.2) is 4.39 Å². The SMILES string of the molecule is O=C(CS(=O)Cc1ccc(F)cc1)N1CCCc2ccccc21. The Kier molecular flexibility index (Phi) is 4.86. The molecule has 23 heavy (non-hydrogen) atoms. The van der Waals surface area contributed by atoms with Crippen molar-refractivity contribution in [1.82, 2.24) is 0 Å². The minimum atomic E-state index is -1.30. The Morgan fingerprint density at radius 1 is 1.13 bits per heavy atom. The standard InChI is InChI=1S/C18H18FNO2S/c19-16-9-7-14(8-10-16)12-23(22)13-18(21)20-11-3-5-15-4-1-2-6-17(15)20/h1-2,4,6-10H,3,5,11-13H2. The van der Waals surface area contributed by atoms with Crippen molar-refractivity contribution >= 4 is 22.4 Å². The number of carbonyl (C=O) groups excluding carboxylic acids is 1. The van der Waals surface area contributed by atoms with Gasteiger partial charge in [0.1, 0.15) is 11.6 Å². The number of benzene rings is 2. The van der Waals surface area contributed by atoms with E-state index in [0.717, 1.165) is 29.7 Å². The van der Waals surface area contributed by atoms with E-state index in [1.807, 2.05) is 24.3 Å². The number of fused-ring (bicyclic) bond motifs is 1. The van der Waals surface area contributed by atoms with Gasteiger partial charge in [-0.2, -0.15) is 0 Å². The summed E-state index contributed by atoms with van der Waals surface area (Å²) in [7, 11) is -1.30. The minimum absolute atomic E-state index is 0.00822. The van der Waals surface area contributed by atoms with Gasteiger partial charge in [0, 0.05) is 28.8 Å². The molecule has 0 spiro atoms. The Morgan fingerprint density at radius 2 is 1.87 bits per heavy atom. The van der Waals surface area contributed by atoms with E-state index in [1.165, 1.54) is 12.1 Å². The quantitative estimate of drug-likeness (QED) is 0.863. The number of hydrogen-bond acceptors (Lipinski definition) is 2. The Morgan fingerprint density at radius 3 is 2.65 bits per heavy atom. The zero-order valence-electron chi connectivity index (χ0n) is 12.7. The molecule has 1 unspecified atom stereocenters. The average Bonchev–Trinajstić information content (AvgIpc) is 2.56. The van der Waals surface area contributed by atoms with Crippen LogP contribution in [-0.2, 0) is 27.8 Å². The smallest absolute Gasteiger partial charge is 0.239 e. The van der Waals surface area contributed by atoms with Crippen molar-refractivity contribution in [3.8, 4) is 0 Å². The van der Waals surface area contributed by atoms with Gasteiger partial charge >= 0.3 is 0 Å². The molecule has 1 amide bonds. The Labute approximate surface area is 137 Å². The summed E-state index contributed by atoms with van der Waals surface area (Å²) in [6.45, 7) is 0.670. The molecular weight excluding hydrogens is 313 g/mol. The number of para-hydroxylation sites is 1. The normalized spacial score (nSPS) is 15.1. The molecule has 0 saturated carbocycles. The molecule has 0 saturated heterocycles. The predicted octanol–water partition coefficient (Wildman–Crippen LogP) is 3.05. The van der Waals surface area contributed by atoms with E-state index in [1.54, 1.807) is 17.0 Å². The van der Waals surface area contributed by atoms with Gasteiger partial charge in [0.05, 0.1) is 0 Å². The predicted molar refractivity (Wildman–Crippen MR) is 90.2 cm³/mol. The molecule has 0 aromatic heterocycles. The average molecular weight is 331 g/mol. The third kappa shape index (κ3) is 3.85. The number of rotatable bonds is 4. The van der Waals surface area contributed by atoms with Crippen LogP contribution in [0.5, 0.6) is 0 Å². The Hall–Kier alpha value is -2.01. The molecule has 0 aliphatic carbocycles. The monoisotopic (exact) mass is 331 g/mol. The zero-order chi connectivity index (χ0) is 16.2. The van der Waals surface area contributed by atoms with Crippen molar-refractivity contribution in [1.29, 1.82) is 0 Å². The van der Waals surface area contributed by atoms with Gasteiger partial charge in [-0.3, -0.25) is 9.00 Å². The molecular formula is C18H18FNO2S. The fourth-order valence-electron chi connectivity index (χ4n) is 2.83. The number of halogens is 1. The summed E-state index contributed by atoms with van der Waals surface area (Å²) in [5, 5.41) is 0. The summed E-state index contributed by atoms with van der Waals surface area (Å²) in [5.41, 5.74) is 2.87. The molecule has 1 aliphatic rings.